The molecular formula is C18H19N3OS3. The average molecular weight is 390 g/mol. The minimum atomic E-state index is 0.0208. The molecule has 2 aromatic heterocycles. The molecule has 0 spiro atoms. The van der Waals surface area contributed by atoms with Gasteiger partial charge in [-0.1, -0.05) is 19.1 Å². The van der Waals surface area contributed by atoms with Crippen LogP contribution in [0.25, 0.3) is 0 Å². The Morgan fingerprint density at radius 2 is 2.08 bits per heavy atom. The molecule has 0 aliphatic rings. The van der Waals surface area contributed by atoms with Crippen molar-refractivity contribution in [3.8, 4) is 0 Å². The first-order valence-corrected chi connectivity index (χ1v) is 10.8. The van der Waals surface area contributed by atoms with Crippen LogP contribution in [0.2, 0.25) is 0 Å². The Bertz CT molecular complexity index is 830. The van der Waals surface area contributed by atoms with Crippen molar-refractivity contribution in [1.29, 1.82) is 0 Å². The summed E-state index contributed by atoms with van der Waals surface area (Å²) in [6.07, 6.45) is 0.929. The van der Waals surface area contributed by atoms with E-state index < -0.39 is 0 Å². The molecule has 4 nitrogen and oxygen atoms in total. The van der Waals surface area contributed by atoms with E-state index in [0.717, 1.165) is 39.0 Å². The Kier molecular flexibility index (Phi) is 6.23. The van der Waals surface area contributed by atoms with Crippen molar-refractivity contribution < 1.29 is 4.79 Å². The van der Waals surface area contributed by atoms with E-state index in [1.54, 1.807) is 39.3 Å². The minimum Gasteiger partial charge on any atom is -0.336 e. The molecule has 0 bridgehead atoms. The maximum atomic E-state index is 12.9. The highest BCUT2D eigenvalue weighted by Crippen LogP contribution is 2.27. The van der Waals surface area contributed by atoms with Crippen LogP contribution in [0.5, 0.6) is 0 Å². The van der Waals surface area contributed by atoms with Gasteiger partial charge in [0.15, 0.2) is 0 Å². The summed E-state index contributed by atoms with van der Waals surface area (Å²) in [5.41, 5.74) is 4.56. The van der Waals surface area contributed by atoms with E-state index in [-0.39, 0.29) is 5.91 Å². The first-order valence-electron chi connectivity index (χ1n) is 7.95. The summed E-state index contributed by atoms with van der Waals surface area (Å²) < 4.78 is 0. The van der Waals surface area contributed by atoms with E-state index in [2.05, 4.69) is 16.9 Å². The molecule has 3 rings (SSSR count). The third kappa shape index (κ3) is 4.68. The summed E-state index contributed by atoms with van der Waals surface area (Å²) >= 11 is 4.89. The van der Waals surface area contributed by atoms with Crippen LogP contribution in [-0.2, 0) is 18.7 Å². The SMILES string of the molecule is CCc1nc(CN(C)C(=O)c2ccccc2SCc2cscn2)cs1. The number of carbonyl (C=O) groups is 1. The molecule has 0 saturated heterocycles. The highest BCUT2D eigenvalue weighted by atomic mass is 32.2. The molecule has 0 N–H and O–H groups in total. The number of hydrogen-bond donors (Lipinski definition) is 0. The van der Waals surface area contributed by atoms with Crippen LogP contribution in [0.15, 0.2) is 45.4 Å². The van der Waals surface area contributed by atoms with Crippen molar-refractivity contribution in [2.24, 2.45) is 0 Å². The van der Waals surface area contributed by atoms with Gasteiger partial charge in [0.05, 0.1) is 34.0 Å². The molecule has 3 aromatic rings. The van der Waals surface area contributed by atoms with Gasteiger partial charge in [0.2, 0.25) is 0 Å². The van der Waals surface area contributed by atoms with Crippen molar-refractivity contribution in [3.63, 3.8) is 0 Å². The minimum absolute atomic E-state index is 0.0208. The zero-order valence-corrected chi connectivity index (χ0v) is 16.6. The Balaban J connectivity index is 1.70. The van der Waals surface area contributed by atoms with Crippen LogP contribution < -0.4 is 0 Å². The van der Waals surface area contributed by atoms with Gasteiger partial charge in [-0.05, 0) is 18.6 Å². The molecule has 0 saturated carbocycles. The van der Waals surface area contributed by atoms with Crippen LogP contribution in [-0.4, -0.2) is 27.8 Å². The highest BCUT2D eigenvalue weighted by Gasteiger charge is 2.17. The molecule has 1 amide bonds. The molecule has 25 heavy (non-hydrogen) atoms. The molecule has 7 heteroatoms. The molecule has 0 aliphatic carbocycles. The van der Waals surface area contributed by atoms with E-state index in [1.165, 1.54) is 0 Å². The third-order valence-electron chi connectivity index (χ3n) is 3.62. The standard InChI is InChI=1S/C18H19N3OS3/c1-3-17-20-13(10-25-17)8-21(2)18(22)15-6-4-5-7-16(15)24-11-14-9-23-12-19-14/h4-7,9-10,12H,3,8,11H2,1-2H3. The van der Waals surface area contributed by atoms with E-state index in [1.807, 2.05) is 47.6 Å². The summed E-state index contributed by atoms with van der Waals surface area (Å²) in [7, 11) is 1.83. The maximum Gasteiger partial charge on any atom is 0.255 e. The van der Waals surface area contributed by atoms with Crippen molar-refractivity contribution in [1.82, 2.24) is 14.9 Å². The monoisotopic (exact) mass is 389 g/mol. The Hall–Kier alpha value is -1.70. The quantitative estimate of drug-likeness (QED) is 0.548. The van der Waals surface area contributed by atoms with E-state index >= 15 is 0 Å². The second-order valence-electron chi connectivity index (χ2n) is 5.51. The number of carbonyl (C=O) groups excluding carboxylic acids is 1. The zero-order chi connectivity index (χ0) is 17.6. The molecule has 0 aliphatic heterocycles. The maximum absolute atomic E-state index is 12.9. The van der Waals surface area contributed by atoms with Gasteiger partial charge in [-0.2, -0.15) is 0 Å². The summed E-state index contributed by atoms with van der Waals surface area (Å²) in [5.74, 6) is 0.788. The van der Waals surface area contributed by atoms with Crippen molar-refractivity contribution in [3.05, 3.63) is 62.5 Å². The summed E-state index contributed by atoms with van der Waals surface area (Å²) in [6, 6.07) is 7.76. The van der Waals surface area contributed by atoms with Gasteiger partial charge < -0.3 is 4.90 Å². The lowest BCUT2D eigenvalue weighted by Gasteiger charge is -2.18. The molecule has 130 valence electrons. The van der Waals surface area contributed by atoms with Gasteiger partial charge in [-0.3, -0.25) is 4.79 Å². The summed E-state index contributed by atoms with van der Waals surface area (Å²) in [4.78, 5) is 24.5. The topological polar surface area (TPSA) is 46.1 Å². The molecule has 2 heterocycles. The predicted octanol–water partition coefficient (Wildman–Crippen LogP) is 4.73. The van der Waals surface area contributed by atoms with Crippen LogP contribution >= 0.6 is 34.4 Å². The molecule has 0 radical (unpaired) electrons. The number of nitrogens with zero attached hydrogens (tertiary/aromatic N) is 3. The van der Waals surface area contributed by atoms with Crippen molar-refractivity contribution in [2.75, 3.05) is 7.05 Å². The van der Waals surface area contributed by atoms with Gasteiger partial charge in [0, 0.05) is 28.5 Å². The number of hydrogen-bond acceptors (Lipinski definition) is 6. The number of thiazole rings is 2. The lowest BCUT2D eigenvalue weighted by molar-refractivity contribution is 0.0780. The molecular weight excluding hydrogens is 370 g/mol. The normalized spacial score (nSPS) is 10.8. The van der Waals surface area contributed by atoms with Crippen LogP contribution in [0.1, 0.15) is 33.7 Å². The van der Waals surface area contributed by atoms with Gasteiger partial charge in [0.1, 0.15) is 0 Å². The van der Waals surface area contributed by atoms with Crippen molar-refractivity contribution in [2.45, 2.75) is 30.5 Å². The Morgan fingerprint density at radius 1 is 1.24 bits per heavy atom. The first-order chi connectivity index (χ1) is 12.2. The third-order valence-corrected chi connectivity index (χ3v) is 6.41. The second kappa shape index (κ2) is 8.60. The highest BCUT2D eigenvalue weighted by molar-refractivity contribution is 7.98. The molecule has 0 atom stereocenters. The Labute approximate surface area is 159 Å². The summed E-state index contributed by atoms with van der Waals surface area (Å²) in [6.45, 7) is 2.62. The van der Waals surface area contributed by atoms with E-state index in [0.29, 0.717) is 6.54 Å². The first kappa shape index (κ1) is 18.1. The van der Waals surface area contributed by atoms with E-state index in [9.17, 15) is 4.79 Å². The predicted molar refractivity (Wildman–Crippen MR) is 105 cm³/mol. The smallest absolute Gasteiger partial charge is 0.255 e. The van der Waals surface area contributed by atoms with Gasteiger partial charge >= 0.3 is 0 Å². The summed E-state index contributed by atoms with van der Waals surface area (Å²) in [5, 5.41) is 5.18. The molecule has 0 fully saturated rings. The molecule has 1 aromatic carbocycles. The fraction of sp³-hybridized carbons (Fsp3) is 0.278. The number of aryl methyl sites for hydroxylation is 1. The number of aromatic nitrogens is 2. The largest absolute Gasteiger partial charge is 0.336 e. The van der Waals surface area contributed by atoms with E-state index in [4.69, 9.17) is 0 Å². The zero-order valence-electron chi connectivity index (χ0n) is 14.1. The second-order valence-corrected chi connectivity index (χ2v) is 8.19. The fourth-order valence-electron chi connectivity index (χ4n) is 2.33. The van der Waals surface area contributed by atoms with Gasteiger partial charge in [-0.25, -0.2) is 9.97 Å². The fourth-order valence-corrected chi connectivity index (χ4v) is 4.68. The Morgan fingerprint density at radius 3 is 2.80 bits per heavy atom. The number of benzene rings is 1. The van der Waals surface area contributed by atoms with Crippen LogP contribution in [0.3, 0.4) is 0 Å². The van der Waals surface area contributed by atoms with Crippen LogP contribution in [0, 0.1) is 0 Å². The van der Waals surface area contributed by atoms with Crippen LogP contribution in [0.4, 0.5) is 0 Å². The number of rotatable bonds is 7. The number of amides is 1. The molecule has 0 unspecified atom stereocenters. The van der Waals surface area contributed by atoms with Gasteiger partial charge in [0.25, 0.3) is 5.91 Å². The van der Waals surface area contributed by atoms with Gasteiger partial charge in [-0.15, -0.1) is 34.4 Å². The lowest BCUT2D eigenvalue weighted by atomic mass is 10.2. The average Bonchev–Trinajstić information content (AvgIpc) is 3.31. The number of thioether (sulfide) groups is 1. The lowest BCUT2D eigenvalue weighted by Crippen LogP contribution is -2.26. The van der Waals surface area contributed by atoms with Crippen molar-refractivity contribution >= 4 is 40.3 Å².